The third kappa shape index (κ3) is 4.72. The first kappa shape index (κ1) is 22.8. The number of amides is 1. The Morgan fingerprint density at radius 3 is 2.52 bits per heavy atom. The number of phenolic OH excluding ortho intramolecular Hbond substituents is 1. The maximum Gasteiger partial charge on any atom is 0.295 e. The minimum atomic E-state index is -0.800. The third-order valence-corrected chi connectivity index (χ3v) is 5.95. The summed E-state index contributed by atoms with van der Waals surface area (Å²) in [5, 5.41) is 21.2. The predicted molar refractivity (Wildman–Crippen MR) is 122 cm³/mol. The Hall–Kier alpha value is -3.36. The molecule has 174 valence electrons. The van der Waals surface area contributed by atoms with Gasteiger partial charge in [-0.2, -0.15) is 0 Å². The average Bonchev–Trinajstić information content (AvgIpc) is 3.10. The molecule has 8 heteroatoms. The van der Waals surface area contributed by atoms with Crippen LogP contribution in [0.3, 0.4) is 0 Å². The lowest BCUT2D eigenvalue weighted by molar-refractivity contribution is -0.140. The minimum Gasteiger partial charge on any atom is -0.507 e. The Kier molecular flexibility index (Phi) is 6.96. The van der Waals surface area contributed by atoms with Gasteiger partial charge in [0.05, 0.1) is 31.4 Å². The number of ether oxygens (including phenoxy) is 2. The first-order chi connectivity index (χ1) is 16.0. The second-order valence-electron chi connectivity index (χ2n) is 7.97. The van der Waals surface area contributed by atoms with E-state index in [4.69, 9.17) is 9.47 Å². The standard InChI is InChI=1S/C25H28N2O6/c1-2-33-20-16-18(8-9-19(20)28)22-21(23(29)17-6-4-3-5-7-17)24(30)25(31)27(22)11-10-26-12-14-32-15-13-26/h3-9,16,22,28-29H,2,10-15H2,1H3/b23-21-. The van der Waals surface area contributed by atoms with E-state index in [1.807, 2.05) is 6.07 Å². The molecule has 4 rings (SSSR count). The monoisotopic (exact) mass is 452 g/mol. The van der Waals surface area contributed by atoms with Crippen molar-refractivity contribution in [3.8, 4) is 11.5 Å². The normalized spacial score (nSPS) is 20.9. The van der Waals surface area contributed by atoms with Gasteiger partial charge in [0.2, 0.25) is 0 Å². The number of morpholine rings is 1. The highest BCUT2D eigenvalue weighted by Gasteiger charge is 2.46. The van der Waals surface area contributed by atoms with Crippen LogP contribution in [0.25, 0.3) is 5.76 Å². The highest BCUT2D eigenvalue weighted by Crippen LogP contribution is 2.41. The number of carbonyl (C=O) groups is 2. The van der Waals surface area contributed by atoms with Crippen LogP contribution in [0.1, 0.15) is 24.1 Å². The van der Waals surface area contributed by atoms with Crippen LogP contribution < -0.4 is 4.74 Å². The van der Waals surface area contributed by atoms with Crippen LogP contribution in [0.2, 0.25) is 0 Å². The number of ketones is 1. The summed E-state index contributed by atoms with van der Waals surface area (Å²) < 4.78 is 10.9. The number of carbonyl (C=O) groups excluding carboxylic acids is 2. The van der Waals surface area contributed by atoms with E-state index in [0.29, 0.717) is 44.0 Å². The molecule has 0 radical (unpaired) electrons. The molecule has 2 aliphatic rings. The van der Waals surface area contributed by atoms with Gasteiger partial charge in [0.15, 0.2) is 11.5 Å². The van der Waals surface area contributed by atoms with Crippen molar-refractivity contribution in [2.45, 2.75) is 13.0 Å². The molecule has 0 saturated carbocycles. The van der Waals surface area contributed by atoms with Gasteiger partial charge in [0, 0.05) is 31.7 Å². The fourth-order valence-corrected chi connectivity index (χ4v) is 4.25. The van der Waals surface area contributed by atoms with Crippen molar-refractivity contribution in [1.29, 1.82) is 0 Å². The number of aliphatic hydroxyl groups excluding tert-OH is 1. The van der Waals surface area contributed by atoms with E-state index in [0.717, 1.165) is 13.1 Å². The summed E-state index contributed by atoms with van der Waals surface area (Å²) in [5.74, 6) is -1.38. The lowest BCUT2D eigenvalue weighted by Gasteiger charge is -2.31. The van der Waals surface area contributed by atoms with E-state index in [1.54, 1.807) is 43.3 Å². The van der Waals surface area contributed by atoms with Crippen molar-refractivity contribution in [2.24, 2.45) is 0 Å². The molecule has 0 aliphatic carbocycles. The van der Waals surface area contributed by atoms with Crippen LogP contribution in [-0.2, 0) is 14.3 Å². The Balaban J connectivity index is 1.76. The maximum atomic E-state index is 13.1. The predicted octanol–water partition coefficient (Wildman–Crippen LogP) is 2.54. The first-order valence-corrected chi connectivity index (χ1v) is 11.1. The molecule has 2 saturated heterocycles. The minimum absolute atomic E-state index is 0.0290. The number of hydrogen-bond acceptors (Lipinski definition) is 7. The molecule has 2 aromatic carbocycles. The second-order valence-corrected chi connectivity index (χ2v) is 7.97. The summed E-state index contributed by atoms with van der Waals surface area (Å²) >= 11 is 0. The van der Waals surface area contributed by atoms with Crippen molar-refractivity contribution < 1.29 is 29.3 Å². The van der Waals surface area contributed by atoms with E-state index >= 15 is 0 Å². The number of benzene rings is 2. The van der Waals surface area contributed by atoms with Gasteiger partial charge in [0.1, 0.15) is 5.76 Å². The van der Waals surface area contributed by atoms with Crippen molar-refractivity contribution in [3.63, 3.8) is 0 Å². The van der Waals surface area contributed by atoms with Gasteiger partial charge < -0.3 is 24.6 Å². The Bertz CT molecular complexity index is 1050. The number of Topliss-reactive ketones (excluding diaryl/α,β-unsaturated/α-hetero) is 1. The van der Waals surface area contributed by atoms with Crippen LogP contribution in [0.5, 0.6) is 11.5 Å². The van der Waals surface area contributed by atoms with Crippen molar-refractivity contribution in [1.82, 2.24) is 9.80 Å². The molecule has 2 fully saturated rings. The molecular formula is C25H28N2O6. The number of likely N-dealkylation sites (tertiary alicyclic amines) is 1. The van der Waals surface area contributed by atoms with Crippen molar-refractivity contribution >= 4 is 17.4 Å². The molecule has 2 aromatic rings. The van der Waals surface area contributed by atoms with Gasteiger partial charge in [-0.05, 0) is 24.6 Å². The van der Waals surface area contributed by atoms with Gasteiger partial charge in [-0.3, -0.25) is 14.5 Å². The lowest BCUT2D eigenvalue weighted by atomic mass is 9.95. The summed E-state index contributed by atoms with van der Waals surface area (Å²) in [6.07, 6.45) is 0. The van der Waals surface area contributed by atoms with Gasteiger partial charge >= 0.3 is 0 Å². The zero-order valence-electron chi connectivity index (χ0n) is 18.6. The molecule has 2 aliphatic heterocycles. The highest BCUT2D eigenvalue weighted by molar-refractivity contribution is 6.46. The fourth-order valence-electron chi connectivity index (χ4n) is 4.25. The van der Waals surface area contributed by atoms with Crippen molar-refractivity contribution in [2.75, 3.05) is 46.0 Å². The molecule has 1 unspecified atom stereocenters. The zero-order chi connectivity index (χ0) is 23.4. The molecule has 0 aromatic heterocycles. The Morgan fingerprint density at radius 1 is 1.09 bits per heavy atom. The molecule has 1 atom stereocenters. The van der Waals surface area contributed by atoms with E-state index in [2.05, 4.69) is 4.90 Å². The zero-order valence-corrected chi connectivity index (χ0v) is 18.6. The van der Waals surface area contributed by atoms with Gasteiger partial charge in [-0.1, -0.05) is 36.4 Å². The van der Waals surface area contributed by atoms with E-state index < -0.39 is 17.7 Å². The largest absolute Gasteiger partial charge is 0.507 e. The molecule has 0 bridgehead atoms. The average molecular weight is 453 g/mol. The Morgan fingerprint density at radius 2 is 1.82 bits per heavy atom. The fraction of sp³-hybridized carbons (Fsp3) is 0.360. The third-order valence-electron chi connectivity index (χ3n) is 5.95. The van der Waals surface area contributed by atoms with E-state index in [1.165, 1.54) is 11.0 Å². The molecule has 2 N–H and O–H groups in total. The number of rotatable bonds is 7. The molecule has 2 heterocycles. The number of aliphatic hydroxyl groups is 1. The maximum absolute atomic E-state index is 13.1. The SMILES string of the molecule is CCOc1cc(C2/C(=C(/O)c3ccccc3)C(=O)C(=O)N2CCN2CCOCC2)ccc1O. The van der Waals surface area contributed by atoms with Crippen LogP contribution in [-0.4, -0.2) is 77.7 Å². The first-order valence-electron chi connectivity index (χ1n) is 11.1. The number of hydrogen-bond donors (Lipinski definition) is 2. The molecular weight excluding hydrogens is 424 g/mol. The highest BCUT2D eigenvalue weighted by atomic mass is 16.5. The van der Waals surface area contributed by atoms with Gasteiger partial charge in [-0.25, -0.2) is 0 Å². The van der Waals surface area contributed by atoms with E-state index in [9.17, 15) is 19.8 Å². The summed E-state index contributed by atoms with van der Waals surface area (Å²) in [7, 11) is 0. The van der Waals surface area contributed by atoms with Crippen LogP contribution in [0.4, 0.5) is 0 Å². The Labute approximate surface area is 192 Å². The number of nitrogens with zero attached hydrogens (tertiary/aromatic N) is 2. The van der Waals surface area contributed by atoms with Crippen molar-refractivity contribution in [3.05, 3.63) is 65.2 Å². The van der Waals surface area contributed by atoms with Crippen LogP contribution >= 0.6 is 0 Å². The van der Waals surface area contributed by atoms with Crippen LogP contribution in [0, 0.1) is 0 Å². The summed E-state index contributed by atoms with van der Waals surface area (Å²) in [6, 6.07) is 12.6. The summed E-state index contributed by atoms with van der Waals surface area (Å²) in [6.45, 7) is 5.81. The molecule has 1 amide bonds. The quantitative estimate of drug-likeness (QED) is 0.378. The lowest BCUT2D eigenvalue weighted by Crippen LogP contribution is -2.42. The van der Waals surface area contributed by atoms with Gasteiger partial charge in [0.25, 0.3) is 11.7 Å². The summed E-state index contributed by atoms with van der Waals surface area (Å²) in [4.78, 5) is 29.9. The molecule has 0 spiro atoms. The molecule has 33 heavy (non-hydrogen) atoms. The van der Waals surface area contributed by atoms with Gasteiger partial charge in [-0.15, -0.1) is 0 Å². The number of aromatic hydroxyl groups is 1. The topological polar surface area (TPSA) is 99.5 Å². The van der Waals surface area contributed by atoms with E-state index in [-0.39, 0.29) is 22.8 Å². The van der Waals surface area contributed by atoms with Crippen LogP contribution in [0.15, 0.2) is 54.1 Å². The summed E-state index contributed by atoms with van der Waals surface area (Å²) in [5.41, 5.74) is 1.06. The second kappa shape index (κ2) is 10.1. The molecule has 8 nitrogen and oxygen atoms in total. The smallest absolute Gasteiger partial charge is 0.295 e. The number of phenols is 1.